The van der Waals surface area contributed by atoms with Crippen molar-refractivity contribution < 1.29 is 22.3 Å². The van der Waals surface area contributed by atoms with Gasteiger partial charge in [-0.05, 0) is 24.0 Å². The molecule has 0 radical (unpaired) electrons. The molecule has 0 aliphatic rings. The molecule has 126 valence electrons. The molecule has 2 nitrogen and oxygen atoms in total. The first kappa shape index (κ1) is 17.8. The Hall–Kier alpha value is -1.56. The van der Waals surface area contributed by atoms with E-state index in [1.54, 1.807) is 0 Å². The van der Waals surface area contributed by atoms with Gasteiger partial charge in [-0.15, -0.1) is 0 Å². The second-order valence-electron chi connectivity index (χ2n) is 6.42. The van der Waals surface area contributed by atoms with Crippen molar-refractivity contribution in [1.82, 2.24) is 4.98 Å². The highest BCUT2D eigenvalue weighted by Crippen LogP contribution is 2.37. The molecule has 0 fully saturated rings. The van der Waals surface area contributed by atoms with E-state index in [2.05, 4.69) is 4.98 Å². The lowest BCUT2D eigenvalue weighted by Crippen LogP contribution is -2.13. The average Bonchev–Trinajstić information content (AvgIpc) is 2.40. The lowest BCUT2D eigenvalue weighted by molar-refractivity contribution is -0.141. The minimum atomic E-state index is -4.67. The molecule has 0 spiro atoms. The Morgan fingerprint density at radius 3 is 2.39 bits per heavy atom. The lowest BCUT2D eigenvalue weighted by Gasteiger charge is -2.19. The number of benzene rings is 1. The summed E-state index contributed by atoms with van der Waals surface area (Å²) in [5.41, 5.74) is -1.48. The van der Waals surface area contributed by atoms with Gasteiger partial charge in [-0.25, -0.2) is 9.37 Å². The van der Waals surface area contributed by atoms with Gasteiger partial charge in [0, 0.05) is 6.07 Å². The van der Waals surface area contributed by atoms with Gasteiger partial charge in [-0.2, -0.15) is 13.2 Å². The summed E-state index contributed by atoms with van der Waals surface area (Å²) in [4.78, 5) is 3.45. The predicted molar refractivity (Wildman–Crippen MR) is 81.3 cm³/mol. The number of hydrogen-bond donors (Lipinski definition) is 0. The maximum Gasteiger partial charge on any atom is 0.433 e. The molecule has 0 saturated heterocycles. The third-order valence-electron chi connectivity index (χ3n) is 3.22. The number of fused-ring (bicyclic) bond motifs is 1. The van der Waals surface area contributed by atoms with E-state index in [-0.39, 0.29) is 33.7 Å². The first-order valence-corrected chi connectivity index (χ1v) is 7.35. The van der Waals surface area contributed by atoms with Crippen molar-refractivity contribution in [3.8, 4) is 5.75 Å². The summed E-state index contributed by atoms with van der Waals surface area (Å²) in [7, 11) is 0. The van der Waals surface area contributed by atoms with Crippen LogP contribution < -0.4 is 4.74 Å². The number of halogens is 5. The summed E-state index contributed by atoms with van der Waals surface area (Å²) < 4.78 is 58.4. The molecule has 0 aliphatic heterocycles. The molecule has 0 saturated carbocycles. The summed E-state index contributed by atoms with van der Waals surface area (Å²) in [6.07, 6.45) is -4.08. The van der Waals surface area contributed by atoms with Crippen LogP contribution in [0, 0.1) is 11.2 Å². The Labute approximate surface area is 136 Å². The summed E-state index contributed by atoms with van der Waals surface area (Å²) in [6, 6.07) is 2.96. The van der Waals surface area contributed by atoms with Gasteiger partial charge >= 0.3 is 6.18 Å². The third-order valence-corrected chi connectivity index (χ3v) is 3.53. The minimum absolute atomic E-state index is 0.0619. The second kappa shape index (κ2) is 6.15. The molecule has 1 heterocycles. The van der Waals surface area contributed by atoms with Gasteiger partial charge in [0.2, 0.25) is 0 Å². The van der Waals surface area contributed by atoms with E-state index in [1.807, 2.05) is 20.8 Å². The first-order chi connectivity index (χ1) is 10.5. The highest BCUT2D eigenvalue weighted by Gasteiger charge is 2.34. The number of alkyl halides is 3. The largest absolute Gasteiger partial charge is 0.493 e. The van der Waals surface area contributed by atoms with Gasteiger partial charge in [-0.3, -0.25) is 0 Å². The zero-order valence-electron chi connectivity index (χ0n) is 12.9. The summed E-state index contributed by atoms with van der Waals surface area (Å²) in [5, 5.41) is -0.201. The Kier molecular flexibility index (Phi) is 4.76. The second-order valence-corrected chi connectivity index (χ2v) is 6.82. The fourth-order valence-corrected chi connectivity index (χ4v) is 2.16. The quantitative estimate of drug-likeness (QED) is 0.647. The molecule has 0 N–H and O–H groups in total. The fourth-order valence-electron chi connectivity index (χ4n) is 1.96. The Morgan fingerprint density at radius 2 is 1.83 bits per heavy atom. The maximum absolute atomic E-state index is 14.1. The monoisotopic (exact) mass is 349 g/mol. The average molecular weight is 350 g/mol. The molecule has 1 aromatic heterocycles. The van der Waals surface area contributed by atoms with Crippen molar-refractivity contribution >= 4 is 22.5 Å². The van der Waals surface area contributed by atoms with Crippen LogP contribution in [0.4, 0.5) is 17.6 Å². The van der Waals surface area contributed by atoms with Gasteiger partial charge in [0.25, 0.3) is 0 Å². The first-order valence-electron chi connectivity index (χ1n) is 6.98. The van der Waals surface area contributed by atoms with Crippen molar-refractivity contribution in [2.45, 2.75) is 33.4 Å². The van der Waals surface area contributed by atoms with E-state index in [1.165, 1.54) is 6.07 Å². The summed E-state index contributed by atoms with van der Waals surface area (Å²) >= 11 is 5.88. The predicted octanol–water partition coefficient (Wildman–Crippen LogP) is 5.86. The van der Waals surface area contributed by atoms with Crippen molar-refractivity contribution in [3.63, 3.8) is 0 Å². The van der Waals surface area contributed by atoms with Crippen molar-refractivity contribution in [2.24, 2.45) is 5.41 Å². The topological polar surface area (TPSA) is 22.1 Å². The van der Waals surface area contributed by atoms with Crippen LogP contribution in [0.5, 0.6) is 5.75 Å². The molecular weight excluding hydrogens is 334 g/mol. The van der Waals surface area contributed by atoms with Crippen LogP contribution in [0.25, 0.3) is 10.9 Å². The van der Waals surface area contributed by atoms with Crippen LogP contribution >= 0.6 is 11.6 Å². The molecule has 2 rings (SSSR count). The zero-order valence-corrected chi connectivity index (χ0v) is 13.6. The maximum atomic E-state index is 14.1. The molecule has 23 heavy (non-hydrogen) atoms. The molecule has 0 bridgehead atoms. The minimum Gasteiger partial charge on any atom is -0.493 e. The number of rotatable bonds is 3. The fraction of sp³-hybridized carbons (Fsp3) is 0.438. The highest BCUT2D eigenvalue weighted by atomic mass is 35.5. The number of aromatic nitrogens is 1. The number of hydrogen-bond acceptors (Lipinski definition) is 2. The Balaban J connectivity index is 2.53. The van der Waals surface area contributed by atoms with E-state index in [4.69, 9.17) is 16.3 Å². The highest BCUT2D eigenvalue weighted by molar-refractivity contribution is 6.35. The van der Waals surface area contributed by atoms with Crippen molar-refractivity contribution in [3.05, 3.63) is 34.7 Å². The molecule has 1 aromatic carbocycles. The molecule has 0 atom stereocenters. The van der Waals surface area contributed by atoms with Gasteiger partial charge < -0.3 is 4.74 Å². The van der Waals surface area contributed by atoms with Crippen molar-refractivity contribution in [2.75, 3.05) is 6.61 Å². The van der Waals surface area contributed by atoms with Gasteiger partial charge in [0.05, 0.1) is 22.5 Å². The van der Waals surface area contributed by atoms with Crippen LogP contribution in [0.3, 0.4) is 0 Å². The number of nitrogens with zero attached hydrogens (tertiary/aromatic N) is 1. The van der Waals surface area contributed by atoms with Crippen molar-refractivity contribution in [1.29, 1.82) is 0 Å². The van der Waals surface area contributed by atoms with Crippen LogP contribution in [0.2, 0.25) is 5.02 Å². The molecule has 0 aliphatic carbocycles. The van der Waals surface area contributed by atoms with Crippen LogP contribution in [-0.4, -0.2) is 11.6 Å². The van der Waals surface area contributed by atoms with Gasteiger partial charge in [0.1, 0.15) is 17.3 Å². The van der Waals surface area contributed by atoms with Crippen LogP contribution in [0.15, 0.2) is 18.2 Å². The smallest absolute Gasteiger partial charge is 0.433 e. The van der Waals surface area contributed by atoms with Crippen LogP contribution in [-0.2, 0) is 6.18 Å². The molecule has 0 unspecified atom stereocenters. The zero-order chi connectivity index (χ0) is 17.4. The van der Waals surface area contributed by atoms with E-state index < -0.39 is 17.7 Å². The number of ether oxygens (including phenoxy) is 1. The summed E-state index contributed by atoms with van der Waals surface area (Å²) in [5.74, 6) is -0.928. The Bertz CT molecular complexity index is 723. The van der Waals surface area contributed by atoms with Gasteiger partial charge in [-0.1, -0.05) is 32.4 Å². The van der Waals surface area contributed by atoms with E-state index in [0.29, 0.717) is 12.5 Å². The molecule has 7 heteroatoms. The van der Waals surface area contributed by atoms with E-state index in [9.17, 15) is 17.6 Å². The Morgan fingerprint density at radius 1 is 1.17 bits per heavy atom. The van der Waals surface area contributed by atoms with E-state index in [0.717, 1.165) is 6.07 Å². The van der Waals surface area contributed by atoms with Crippen LogP contribution in [0.1, 0.15) is 32.9 Å². The number of pyridine rings is 1. The standard InChI is InChI=1S/C16H16ClF4NO/c1-15(2,3)6-7-23-11-8-12(16(19,20)21)22-14-9(17)4-5-10(18)13(11)14/h4-5,8H,6-7H2,1-3H3. The lowest BCUT2D eigenvalue weighted by atomic mass is 9.93. The SMILES string of the molecule is CC(C)(C)CCOc1cc(C(F)(F)F)nc2c(Cl)ccc(F)c12. The van der Waals surface area contributed by atoms with Gasteiger partial charge in [0.15, 0.2) is 0 Å². The molecule has 0 amide bonds. The van der Waals surface area contributed by atoms with E-state index >= 15 is 0 Å². The third kappa shape index (κ3) is 4.25. The normalized spacial score (nSPS) is 12.7. The molecule has 2 aromatic rings. The summed E-state index contributed by atoms with van der Waals surface area (Å²) in [6.45, 7) is 6.07. The molecular formula is C16H16ClF4NO.